The molecule has 2 aromatic carbocycles. The van der Waals surface area contributed by atoms with Gasteiger partial charge in [-0.15, -0.1) is 11.8 Å². The number of carboxylic acid groups (broad SMARTS) is 1. The Labute approximate surface area is 214 Å². The largest absolute Gasteiger partial charge is 0.494 e. The van der Waals surface area contributed by atoms with Crippen LogP contribution < -0.4 is 10.5 Å². The minimum absolute atomic E-state index is 0.415. The average molecular weight is 526 g/mol. The molecule has 3 rings (SSSR count). The number of nitrogens with two attached hydrogens (primary N) is 1. The molecule has 192 valence electrons. The minimum atomic E-state index is -1.31. The topological polar surface area (TPSA) is 142 Å². The van der Waals surface area contributed by atoms with Gasteiger partial charge in [0.1, 0.15) is 41.6 Å². The highest BCUT2D eigenvalue weighted by molar-refractivity contribution is 7.99. The molecule has 1 heterocycles. The summed E-state index contributed by atoms with van der Waals surface area (Å²) in [5, 5.41) is 40.2. The second-order valence-electron chi connectivity index (χ2n) is 8.59. The highest BCUT2D eigenvalue weighted by atomic mass is 35.5. The van der Waals surface area contributed by atoms with Crippen LogP contribution in [0.15, 0.2) is 42.5 Å². The van der Waals surface area contributed by atoms with Crippen LogP contribution in [0.3, 0.4) is 0 Å². The maximum absolute atomic E-state index is 10.7. The Hall–Kier alpha value is -1.85. The van der Waals surface area contributed by atoms with Crippen molar-refractivity contribution in [3.63, 3.8) is 0 Å². The molecule has 8 nitrogen and oxygen atoms in total. The van der Waals surface area contributed by atoms with Crippen molar-refractivity contribution < 1.29 is 34.7 Å². The van der Waals surface area contributed by atoms with E-state index in [1.54, 1.807) is 18.4 Å². The molecule has 1 saturated heterocycles. The van der Waals surface area contributed by atoms with Crippen LogP contribution >= 0.6 is 23.4 Å². The molecule has 0 aliphatic carbocycles. The first-order valence-electron chi connectivity index (χ1n) is 11.4. The van der Waals surface area contributed by atoms with Crippen molar-refractivity contribution in [3.8, 4) is 5.75 Å². The summed E-state index contributed by atoms with van der Waals surface area (Å²) in [5.41, 5.74) is 7.35. The fraction of sp³-hybridized carbons (Fsp3) is 0.480. The lowest BCUT2D eigenvalue weighted by Crippen LogP contribution is -2.52. The van der Waals surface area contributed by atoms with E-state index in [-0.39, 0.29) is 0 Å². The van der Waals surface area contributed by atoms with Gasteiger partial charge in [-0.3, -0.25) is 4.79 Å². The standard InChI is InChI=1S/C25H32ClNO7S/c1-35-25-22(30)20(28)21(29)23(34-25)15-7-10-18(26)16(13-15)12-14-5-8-17(9-6-14)33-11-3-2-4-19(27)24(31)32/h5-10,13,19-23,25,28-30H,2-4,11-12,27H2,1H3,(H,31,32)/t19?,20-,21-,22+,23+,25-/m1/s1. The van der Waals surface area contributed by atoms with Crippen LogP contribution in [0.2, 0.25) is 5.02 Å². The zero-order valence-electron chi connectivity index (χ0n) is 19.4. The molecule has 1 fully saturated rings. The van der Waals surface area contributed by atoms with Gasteiger partial charge in [0.2, 0.25) is 0 Å². The third-order valence-electron chi connectivity index (χ3n) is 6.01. The number of carbonyl (C=O) groups is 1. The van der Waals surface area contributed by atoms with Crippen LogP contribution in [-0.2, 0) is 16.0 Å². The third kappa shape index (κ3) is 7.33. The van der Waals surface area contributed by atoms with Gasteiger partial charge in [-0.1, -0.05) is 35.9 Å². The Morgan fingerprint density at radius 1 is 1.11 bits per heavy atom. The van der Waals surface area contributed by atoms with Crippen molar-refractivity contribution in [2.45, 2.75) is 61.6 Å². The number of halogens is 1. The van der Waals surface area contributed by atoms with Crippen LogP contribution in [-0.4, -0.2) is 69.0 Å². The molecule has 10 heteroatoms. The van der Waals surface area contributed by atoms with Gasteiger partial charge < -0.3 is 35.6 Å². The molecule has 2 aromatic rings. The summed E-state index contributed by atoms with van der Waals surface area (Å²) >= 11 is 7.70. The van der Waals surface area contributed by atoms with Gasteiger partial charge in [-0.2, -0.15) is 0 Å². The molecule has 1 aliphatic rings. The van der Waals surface area contributed by atoms with Gasteiger partial charge in [0, 0.05) is 5.02 Å². The maximum atomic E-state index is 10.7. The molecule has 6 N–H and O–H groups in total. The minimum Gasteiger partial charge on any atom is -0.494 e. The van der Waals surface area contributed by atoms with E-state index in [0.717, 1.165) is 11.1 Å². The number of thioether (sulfide) groups is 1. The average Bonchev–Trinajstić information content (AvgIpc) is 2.85. The molecule has 0 amide bonds. The lowest BCUT2D eigenvalue weighted by molar-refractivity contribution is -0.200. The molecule has 6 atom stereocenters. The zero-order chi connectivity index (χ0) is 25.5. The van der Waals surface area contributed by atoms with Crippen LogP contribution in [0.5, 0.6) is 5.75 Å². The predicted molar refractivity (Wildman–Crippen MR) is 135 cm³/mol. The van der Waals surface area contributed by atoms with E-state index in [9.17, 15) is 20.1 Å². The Morgan fingerprint density at radius 3 is 2.49 bits per heavy atom. The second kappa shape index (κ2) is 12.9. The van der Waals surface area contributed by atoms with E-state index in [2.05, 4.69) is 0 Å². The van der Waals surface area contributed by atoms with Crippen LogP contribution in [0, 0.1) is 0 Å². The van der Waals surface area contributed by atoms with Crippen molar-refractivity contribution >= 4 is 29.3 Å². The van der Waals surface area contributed by atoms with Gasteiger partial charge in [0.25, 0.3) is 0 Å². The normalized spacial score (nSPS) is 25.3. The van der Waals surface area contributed by atoms with Gasteiger partial charge in [0.05, 0.1) is 6.61 Å². The van der Waals surface area contributed by atoms with Gasteiger partial charge >= 0.3 is 5.97 Å². The summed E-state index contributed by atoms with van der Waals surface area (Å²) in [6.07, 6.45) is -0.432. The number of aliphatic carboxylic acids is 1. The van der Waals surface area contributed by atoms with Crippen LogP contribution in [0.1, 0.15) is 42.1 Å². The molecule has 0 spiro atoms. The van der Waals surface area contributed by atoms with E-state index in [0.29, 0.717) is 48.6 Å². The van der Waals surface area contributed by atoms with E-state index in [1.807, 2.05) is 30.3 Å². The zero-order valence-corrected chi connectivity index (χ0v) is 21.0. The fourth-order valence-corrected chi connectivity index (χ4v) is 4.78. The number of hydrogen-bond acceptors (Lipinski definition) is 8. The summed E-state index contributed by atoms with van der Waals surface area (Å²) in [5.74, 6) is -0.277. The molecular weight excluding hydrogens is 494 g/mol. The smallest absolute Gasteiger partial charge is 0.320 e. The summed E-state index contributed by atoms with van der Waals surface area (Å²) in [4.78, 5) is 10.7. The second-order valence-corrected chi connectivity index (χ2v) is 9.94. The predicted octanol–water partition coefficient (Wildman–Crippen LogP) is 2.73. The highest BCUT2D eigenvalue weighted by Gasteiger charge is 2.44. The van der Waals surface area contributed by atoms with Gasteiger partial charge in [0.15, 0.2) is 0 Å². The fourth-order valence-electron chi connectivity index (χ4n) is 3.93. The van der Waals surface area contributed by atoms with E-state index in [1.165, 1.54) is 11.8 Å². The monoisotopic (exact) mass is 525 g/mol. The molecule has 0 radical (unpaired) electrons. The Kier molecular flexibility index (Phi) is 10.2. The lowest BCUT2D eigenvalue weighted by atomic mass is 9.92. The number of unbranched alkanes of at least 4 members (excludes halogenated alkanes) is 1. The summed E-state index contributed by atoms with van der Waals surface area (Å²) in [7, 11) is 0. The summed E-state index contributed by atoms with van der Waals surface area (Å²) in [6, 6.07) is 12.1. The Balaban J connectivity index is 1.59. The number of carboxylic acids is 1. The molecule has 0 aromatic heterocycles. The third-order valence-corrected chi connectivity index (χ3v) is 7.24. The first kappa shape index (κ1) is 27.7. The number of hydrogen-bond donors (Lipinski definition) is 5. The SMILES string of the molecule is CS[C@H]1O[C@@H](c2ccc(Cl)c(Cc3ccc(OCCCCC(N)C(=O)O)cc3)c2)[C@H](O)[C@@H](O)[C@@H]1O. The molecule has 0 saturated carbocycles. The number of benzene rings is 2. The highest BCUT2D eigenvalue weighted by Crippen LogP contribution is 2.37. The van der Waals surface area contributed by atoms with Crippen LogP contribution in [0.25, 0.3) is 0 Å². The summed E-state index contributed by atoms with van der Waals surface area (Å²) < 4.78 is 11.6. The molecule has 1 aliphatic heterocycles. The van der Waals surface area contributed by atoms with Crippen molar-refractivity contribution in [2.24, 2.45) is 5.73 Å². The number of aliphatic hydroxyl groups is 3. The van der Waals surface area contributed by atoms with Crippen LogP contribution in [0.4, 0.5) is 0 Å². The Bertz CT molecular complexity index is 975. The van der Waals surface area contributed by atoms with Gasteiger partial charge in [-0.05, 0) is 66.8 Å². The lowest BCUT2D eigenvalue weighted by Gasteiger charge is -2.40. The molecule has 0 bridgehead atoms. The Morgan fingerprint density at radius 2 is 1.83 bits per heavy atom. The number of aliphatic hydroxyl groups excluding tert-OH is 3. The molecule has 1 unspecified atom stereocenters. The van der Waals surface area contributed by atoms with E-state index in [4.69, 9.17) is 31.9 Å². The van der Waals surface area contributed by atoms with E-state index < -0.39 is 41.9 Å². The van der Waals surface area contributed by atoms with Crippen molar-refractivity contribution in [2.75, 3.05) is 12.9 Å². The maximum Gasteiger partial charge on any atom is 0.320 e. The quantitative estimate of drug-likeness (QED) is 0.280. The molecular formula is C25H32ClNO7S. The van der Waals surface area contributed by atoms with Crippen molar-refractivity contribution in [1.82, 2.24) is 0 Å². The summed E-state index contributed by atoms with van der Waals surface area (Å²) in [6.45, 7) is 0.473. The first-order valence-corrected chi connectivity index (χ1v) is 13.1. The van der Waals surface area contributed by atoms with Gasteiger partial charge in [-0.25, -0.2) is 0 Å². The molecule has 35 heavy (non-hydrogen) atoms. The first-order chi connectivity index (χ1) is 16.7. The van der Waals surface area contributed by atoms with E-state index >= 15 is 0 Å². The number of rotatable bonds is 11. The van der Waals surface area contributed by atoms with Crippen molar-refractivity contribution in [3.05, 3.63) is 64.2 Å². The van der Waals surface area contributed by atoms with Crippen molar-refractivity contribution in [1.29, 1.82) is 0 Å². The number of ether oxygens (including phenoxy) is 2.